The number of ether oxygens (including phenoxy) is 1. The van der Waals surface area contributed by atoms with Gasteiger partial charge in [-0.25, -0.2) is 5.43 Å². The monoisotopic (exact) mass is 430 g/mol. The summed E-state index contributed by atoms with van der Waals surface area (Å²) in [5.74, 6) is 1.56. The minimum absolute atomic E-state index is 0.204. The molecule has 0 radical (unpaired) electrons. The van der Waals surface area contributed by atoms with E-state index >= 15 is 0 Å². The first-order valence-corrected chi connectivity index (χ1v) is 11.1. The lowest BCUT2D eigenvalue weighted by atomic mass is 10.2. The van der Waals surface area contributed by atoms with Gasteiger partial charge in [-0.1, -0.05) is 77.3 Å². The largest absolute Gasteiger partial charge is 0.496 e. The molecule has 3 aromatic rings. The van der Waals surface area contributed by atoms with E-state index in [4.69, 9.17) is 4.74 Å². The molecule has 2 aromatic carbocycles. The van der Waals surface area contributed by atoms with Crippen LogP contribution in [0.25, 0.3) is 0 Å². The van der Waals surface area contributed by atoms with Crippen molar-refractivity contribution in [2.75, 3.05) is 12.9 Å². The zero-order chi connectivity index (χ0) is 19.6. The van der Waals surface area contributed by atoms with Crippen molar-refractivity contribution < 1.29 is 9.53 Å². The Balaban J connectivity index is 1.42. The molecular weight excluding hydrogens is 412 g/mol. The van der Waals surface area contributed by atoms with Crippen molar-refractivity contribution in [3.05, 3.63) is 65.7 Å². The van der Waals surface area contributed by atoms with Crippen molar-refractivity contribution in [1.29, 1.82) is 0 Å². The number of aromatic nitrogens is 2. The van der Waals surface area contributed by atoms with Crippen LogP contribution in [0.2, 0.25) is 0 Å². The van der Waals surface area contributed by atoms with Gasteiger partial charge in [-0.05, 0) is 17.7 Å². The maximum absolute atomic E-state index is 12.0. The fraction of sp³-hybridized carbons (Fsp3) is 0.158. The lowest BCUT2D eigenvalue weighted by Crippen LogP contribution is -2.19. The Kier molecular flexibility index (Phi) is 7.89. The molecule has 0 aliphatic rings. The Morgan fingerprint density at radius 2 is 1.82 bits per heavy atom. The molecule has 0 aliphatic heterocycles. The number of hydrogen-bond acceptors (Lipinski definition) is 8. The minimum Gasteiger partial charge on any atom is -0.496 e. The van der Waals surface area contributed by atoms with Gasteiger partial charge in [-0.15, -0.1) is 10.2 Å². The number of hydrogen-bond donors (Lipinski definition) is 1. The molecule has 1 heterocycles. The van der Waals surface area contributed by atoms with Crippen LogP contribution in [0.15, 0.2) is 68.4 Å². The van der Waals surface area contributed by atoms with Crippen LogP contribution in [-0.4, -0.2) is 35.2 Å². The Morgan fingerprint density at radius 1 is 1.11 bits per heavy atom. The van der Waals surface area contributed by atoms with Gasteiger partial charge in [-0.3, -0.25) is 4.79 Å². The topological polar surface area (TPSA) is 76.5 Å². The van der Waals surface area contributed by atoms with Gasteiger partial charge in [0.2, 0.25) is 0 Å². The van der Waals surface area contributed by atoms with Crippen molar-refractivity contribution in [2.45, 2.75) is 14.4 Å². The second-order valence-electron chi connectivity index (χ2n) is 5.43. The normalized spacial score (nSPS) is 10.9. The minimum atomic E-state index is -0.204. The molecule has 1 amide bonds. The van der Waals surface area contributed by atoms with E-state index in [2.05, 4.69) is 32.9 Å². The number of para-hydroxylation sites is 1. The van der Waals surface area contributed by atoms with Gasteiger partial charge in [0.25, 0.3) is 5.91 Å². The van der Waals surface area contributed by atoms with Crippen molar-refractivity contribution in [1.82, 2.24) is 15.6 Å². The number of rotatable bonds is 9. The predicted octanol–water partition coefficient (Wildman–Crippen LogP) is 4.08. The van der Waals surface area contributed by atoms with E-state index in [1.165, 1.54) is 28.7 Å². The Bertz CT molecular complexity index is 932. The van der Waals surface area contributed by atoms with E-state index in [-0.39, 0.29) is 11.7 Å². The van der Waals surface area contributed by atoms with Gasteiger partial charge in [0, 0.05) is 11.3 Å². The van der Waals surface area contributed by atoms with Crippen molar-refractivity contribution >= 4 is 47.0 Å². The summed E-state index contributed by atoms with van der Waals surface area (Å²) >= 11 is 4.47. The van der Waals surface area contributed by atoms with Crippen molar-refractivity contribution in [2.24, 2.45) is 5.10 Å². The number of benzene rings is 2. The summed E-state index contributed by atoms with van der Waals surface area (Å²) in [5.41, 5.74) is 4.55. The van der Waals surface area contributed by atoms with E-state index in [1.807, 2.05) is 42.5 Å². The molecule has 0 saturated heterocycles. The molecule has 0 bridgehead atoms. The average Bonchev–Trinajstić information content (AvgIpc) is 3.20. The fourth-order valence-electron chi connectivity index (χ4n) is 2.14. The maximum Gasteiger partial charge on any atom is 0.250 e. The first kappa shape index (κ1) is 20.4. The number of amides is 1. The molecule has 0 atom stereocenters. The van der Waals surface area contributed by atoms with Gasteiger partial charge in [0.15, 0.2) is 8.68 Å². The molecule has 1 aromatic heterocycles. The maximum atomic E-state index is 12.0. The van der Waals surface area contributed by atoms with E-state index in [9.17, 15) is 4.79 Å². The zero-order valence-electron chi connectivity index (χ0n) is 15.1. The number of nitrogens with zero attached hydrogens (tertiary/aromatic N) is 3. The van der Waals surface area contributed by atoms with Crippen LogP contribution >= 0.6 is 34.9 Å². The third-order valence-electron chi connectivity index (χ3n) is 3.45. The van der Waals surface area contributed by atoms with Crippen molar-refractivity contribution in [3.8, 4) is 5.75 Å². The smallest absolute Gasteiger partial charge is 0.250 e. The van der Waals surface area contributed by atoms with Crippen molar-refractivity contribution in [3.63, 3.8) is 0 Å². The SMILES string of the molecule is COc1ccccc1/C=N/NC(=O)CSc1nnc(SCc2ccccc2)s1. The number of methoxy groups -OCH3 is 1. The van der Waals surface area contributed by atoms with Crippen LogP contribution in [0.1, 0.15) is 11.1 Å². The van der Waals surface area contributed by atoms with E-state index in [1.54, 1.807) is 25.1 Å². The highest BCUT2D eigenvalue weighted by atomic mass is 32.2. The molecule has 3 rings (SSSR count). The molecular formula is C19H18N4O2S3. The number of carbonyl (C=O) groups is 1. The van der Waals surface area contributed by atoms with Gasteiger partial charge in [0.1, 0.15) is 5.75 Å². The Morgan fingerprint density at radius 3 is 2.61 bits per heavy atom. The Hall–Kier alpha value is -2.36. The van der Waals surface area contributed by atoms with Crippen LogP contribution in [-0.2, 0) is 10.5 Å². The second-order valence-corrected chi connectivity index (χ2v) is 8.85. The second kappa shape index (κ2) is 10.8. The summed E-state index contributed by atoms with van der Waals surface area (Å²) in [6, 6.07) is 17.7. The highest BCUT2D eigenvalue weighted by molar-refractivity contribution is 8.03. The van der Waals surface area contributed by atoms with Crippen LogP contribution < -0.4 is 10.2 Å². The third-order valence-corrected chi connectivity index (χ3v) is 6.71. The first-order valence-electron chi connectivity index (χ1n) is 8.32. The first-order chi connectivity index (χ1) is 13.7. The third kappa shape index (κ3) is 6.36. The molecule has 0 aliphatic carbocycles. The molecule has 6 nitrogen and oxygen atoms in total. The lowest BCUT2D eigenvalue weighted by Gasteiger charge is -2.03. The highest BCUT2D eigenvalue weighted by Crippen LogP contribution is 2.30. The Labute approximate surface area is 175 Å². The molecule has 0 saturated carbocycles. The number of hydrazone groups is 1. The highest BCUT2D eigenvalue weighted by Gasteiger charge is 2.08. The van der Waals surface area contributed by atoms with E-state index in [0.717, 1.165) is 20.0 Å². The van der Waals surface area contributed by atoms with E-state index in [0.29, 0.717) is 5.75 Å². The van der Waals surface area contributed by atoms with E-state index < -0.39 is 0 Å². The average molecular weight is 431 g/mol. The molecule has 9 heteroatoms. The zero-order valence-corrected chi connectivity index (χ0v) is 17.5. The summed E-state index contributed by atoms with van der Waals surface area (Å²) in [4.78, 5) is 12.0. The molecule has 1 N–H and O–H groups in total. The standard InChI is InChI=1S/C19H18N4O2S3/c1-25-16-10-6-5-9-15(16)11-20-21-17(24)13-27-19-23-22-18(28-19)26-12-14-7-3-2-4-8-14/h2-11H,12-13H2,1H3,(H,21,24)/b20-11+. The van der Waals surface area contributed by atoms with Gasteiger partial charge < -0.3 is 4.74 Å². The number of carbonyl (C=O) groups excluding carboxylic acids is 1. The summed E-state index contributed by atoms with van der Waals surface area (Å²) < 4.78 is 6.89. The molecule has 28 heavy (non-hydrogen) atoms. The summed E-state index contributed by atoms with van der Waals surface area (Å²) in [5, 5.41) is 12.3. The van der Waals surface area contributed by atoms with Gasteiger partial charge in [0.05, 0.1) is 19.1 Å². The summed E-state index contributed by atoms with van der Waals surface area (Å²) in [6.07, 6.45) is 1.56. The van der Waals surface area contributed by atoms with Crippen LogP contribution in [0, 0.1) is 0 Å². The van der Waals surface area contributed by atoms with Crippen LogP contribution in [0.4, 0.5) is 0 Å². The van der Waals surface area contributed by atoms with Crippen LogP contribution in [0.5, 0.6) is 5.75 Å². The molecule has 0 fully saturated rings. The number of nitrogens with one attached hydrogen (secondary N) is 1. The predicted molar refractivity (Wildman–Crippen MR) is 115 cm³/mol. The van der Waals surface area contributed by atoms with Gasteiger partial charge in [-0.2, -0.15) is 5.10 Å². The lowest BCUT2D eigenvalue weighted by molar-refractivity contribution is -0.118. The molecule has 144 valence electrons. The molecule has 0 spiro atoms. The van der Waals surface area contributed by atoms with Gasteiger partial charge >= 0.3 is 0 Å². The summed E-state index contributed by atoms with van der Waals surface area (Å²) in [7, 11) is 1.59. The number of thioether (sulfide) groups is 2. The van der Waals surface area contributed by atoms with Crippen LogP contribution in [0.3, 0.4) is 0 Å². The molecule has 0 unspecified atom stereocenters. The quantitative estimate of drug-likeness (QED) is 0.313. The summed E-state index contributed by atoms with van der Waals surface area (Å²) in [6.45, 7) is 0. The fourth-order valence-corrected chi connectivity index (χ4v) is 4.91.